The SMILES string of the molecule is COc1ccc(C(=O)NCCCc2cccc(N3CC4CN(C(=O)c5c(F)cccc5Cl)CC4C3)c2)cc1. The molecule has 3 aromatic carbocycles. The molecule has 0 radical (unpaired) electrons. The summed E-state index contributed by atoms with van der Waals surface area (Å²) in [5, 5.41) is 3.14. The molecule has 0 aliphatic carbocycles. The molecule has 0 spiro atoms. The highest BCUT2D eigenvalue weighted by molar-refractivity contribution is 6.33. The van der Waals surface area contributed by atoms with Crippen molar-refractivity contribution in [3.05, 3.63) is 94.3 Å². The highest BCUT2D eigenvalue weighted by Gasteiger charge is 2.42. The van der Waals surface area contributed by atoms with E-state index in [0.29, 0.717) is 37.0 Å². The Morgan fingerprint density at radius 3 is 2.39 bits per heavy atom. The van der Waals surface area contributed by atoms with Gasteiger partial charge in [-0.1, -0.05) is 29.8 Å². The van der Waals surface area contributed by atoms with E-state index < -0.39 is 5.82 Å². The highest BCUT2D eigenvalue weighted by atomic mass is 35.5. The van der Waals surface area contributed by atoms with E-state index >= 15 is 0 Å². The third kappa shape index (κ3) is 5.63. The topological polar surface area (TPSA) is 61.9 Å². The molecule has 38 heavy (non-hydrogen) atoms. The Hall–Kier alpha value is -3.58. The molecule has 2 unspecified atom stereocenters. The number of benzene rings is 3. The molecule has 1 N–H and O–H groups in total. The van der Waals surface area contributed by atoms with Gasteiger partial charge in [0.2, 0.25) is 0 Å². The zero-order chi connectivity index (χ0) is 26.6. The number of carbonyl (C=O) groups excluding carboxylic acids is 2. The number of carbonyl (C=O) groups is 2. The van der Waals surface area contributed by atoms with Gasteiger partial charge in [0.15, 0.2) is 0 Å². The van der Waals surface area contributed by atoms with Gasteiger partial charge in [-0.05, 0) is 66.9 Å². The fraction of sp³-hybridized carbons (Fsp3) is 0.333. The molecule has 0 saturated carbocycles. The number of anilines is 1. The summed E-state index contributed by atoms with van der Waals surface area (Å²) in [6, 6.07) is 19.9. The Morgan fingerprint density at radius 1 is 1.00 bits per heavy atom. The molecule has 2 amide bonds. The van der Waals surface area contributed by atoms with Gasteiger partial charge >= 0.3 is 0 Å². The van der Waals surface area contributed by atoms with Crippen LogP contribution in [0.3, 0.4) is 0 Å². The zero-order valence-electron chi connectivity index (χ0n) is 21.3. The van der Waals surface area contributed by atoms with Gasteiger partial charge in [0, 0.05) is 55.8 Å². The summed E-state index contributed by atoms with van der Waals surface area (Å²) in [5.74, 6) is 0.437. The summed E-state index contributed by atoms with van der Waals surface area (Å²) < 4.78 is 19.4. The second kappa shape index (κ2) is 11.4. The molecule has 2 atom stereocenters. The lowest BCUT2D eigenvalue weighted by Crippen LogP contribution is -2.34. The smallest absolute Gasteiger partial charge is 0.258 e. The van der Waals surface area contributed by atoms with Crippen LogP contribution in [0, 0.1) is 17.7 Å². The number of ether oxygens (including phenoxy) is 1. The number of rotatable bonds is 8. The van der Waals surface area contributed by atoms with Crippen molar-refractivity contribution in [2.45, 2.75) is 12.8 Å². The zero-order valence-corrected chi connectivity index (χ0v) is 22.1. The Bertz CT molecular complexity index is 1280. The van der Waals surface area contributed by atoms with Crippen LogP contribution in [-0.2, 0) is 6.42 Å². The van der Waals surface area contributed by atoms with Crippen LogP contribution >= 0.6 is 11.6 Å². The number of nitrogens with one attached hydrogen (secondary N) is 1. The van der Waals surface area contributed by atoms with E-state index in [1.807, 2.05) is 0 Å². The number of methoxy groups -OCH3 is 1. The highest BCUT2D eigenvalue weighted by Crippen LogP contribution is 2.35. The van der Waals surface area contributed by atoms with Crippen LogP contribution in [0.15, 0.2) is 66.7 Å². The van der Waals surface area contributed by atoms with Crippen LogP contribution in [0.25, 0.3) is 0 Å². The van der Waals surface area contributed by atoms with Gasteiger partial charge in [0.1, 0.15) is 11.6 Å². The predicted octanol–water partition coefficient (Wildman–Crippen LogP) is 5.06. The fourth-order valence-corrected chi connectivity index (χ4v) is 5.72. The third-order valence-electron chi connectivity index (χ3n) is 7.51. The molecule has 198 valence electrons. The van der Waals surface area contributed by atoms with Gasteiger partial charge < -0.3 is 19.9 Å². The van der Waals surface area contributed by atoms with Crippen molar-refractivity contribution >= 4 is 29.1 Å². The van der Waals surface area contributed by atoms with Crippen LogP contribution in [0.1, 0.15) is 32.7 Å². The van der Waals surface area contributed by atoms with Crippen molar-refractivity contribution in [2.75, 3.05) is 44.7 Å². The molecular formula is C30H31ClFN3O3. The number of hydrogen-bond acceptors (Lipinski definition) is 4. The van der Waals surface area contributed by atoms with E-state index in [0.717, 1.165) is 31.7 Å². The molecule has 5 rings (SSSR count). The molecule has 2 aliphatic rings. The molecule has 2 fully saturated rings. The van der Waals surface area contributed by atoms with Crippen LogP contribution < -0.4 is 15.0 Å². The van der Waals surface area contributed by atoms with Crippen LogP contribution in [0.2, 0.25) is 5.02 Å². The average molecular weight is 536 g/mol. The van der Waals surface area contributed by atoms with Gasteiger partial charge in [0.25, 0.3) is 11.8 Å². The molecule has 8 heteroatoms. The number of hydrogen-bond donors (Lipinski definition) is 1. The predicted molar refractivity (Wildman–Crippen MR) is 147 cm³/mol. The standard InChI is InChI=1S/C30H31ClFN3O3/c1-38-25-12-10-21(11-13-25)29(36)33-14-4-6-20-5-2-7-24(15-20)34-16-22-18-35(19-23(22)17-34)30(37)28-26(31)8-3-9-27(28)32/h2-3,5,7-13,15,22-23H,4,6,14,16-19H2,1H3,(H,33,36). The van der Waals surface area contributed by atoms with E-state index in [2.05, 4.69) is 34.5 Å². The molecule has 0 bridgehead atoms. The number of halogens is 2. The van der Waals surface area contributed by atoms with E-state index in [9.17, 15) is 14.0 Å². The van der Waals surface area contributed by atoms with Crippen molar-refractivity contribution in [3.8, 4) is 5.75 Å². The van der Waals surface area contributed by atoms with E-state index in [-0.39, 0.29) is 22.4 Å². The summed E-state index contributed by atoms with van der Waals surface area (Å²) >= 11 is 6.12. The summed E-state index contributed by atoms with van der Waals surface area (Å²) in [7, 11) is 1.60. The van der Waals surface area contributed by atoms with Gasteiger partial charge in [0.05, 0.1) is 17.7 Å². The number of fused-ring (bicyclic) bond motifs is 1. The van der Waals surface area contributed by atoms with Gasteiger partial charge in [-0.3, -0.25) is 9.59 Å². The fourth-order valence-electron chi connectivity index (χ4n) is 5.48. The number of nitrogens with zero attached hydrogens (tertiary/aromatic N) is 2. The minimum absolute atomic E-state index is 0.0288. The van der Waals surface area contributed by atoms with Crippen molar-refractivity contribution in [2.24, 2.45) is 11.8 Å². The summed E-state index contributed by atoms with van der Waals surface area (Å²) in [6.45, 7) is 3.54. The minimum atomic E-state index is -0.571. The van der Waals surface area contributed by atoms with Crippen molar-refractivity contribution in [1.82, 2.24) is 10.2 Å². The first-order valence-electron chi connectivity index (χ1n) is 12.9. The van der Waals surface area contributed by atoms with Crippen LogP contribution in [0.5, 0.6) is 5.75 Å². The second-order valence-electron chi connectivity index (χ2n) is 9.99. The minimum Gasteiger partial charge on any atom is -0.497 e. The number of aryl methyl sites for hydroxylation is 1. The lowest BCUT2D eigenvalue weighted by atomic mass is 10.0. The third-order valence-corrected chi connectivity index (χ3v) is 7.82. The largest absolute Gasteiger partial charge is 0.497 e. The van der Waals surface area contributed by atoms with Crippen LogP contribution in [-0.4, -0.2) is 56.5 Å². The Balaban J connectivity index is 1.11. The molecule has 0 aromatic heterocycles. The Kier molecular flexibility index (Phi) is 7.84. The van der Waals surface area contributed by atoms with E-state index in [1.165, 1.54) is 23.4 Å². The Labute approximate surface area is 227 Å². The lowest BCUT2D eigenvalue weighted by Gasteiger charge is -2.24. The summed E-state index contributed by atoms with van der Waals surface area (Å²) in [6.07, 6.45) is 1.70. The normalized spacial score (nSPS) is 18.4. The van der Waals surface area contributed by atoms with Crippen LogP contribution in [0.4, 0.5) is 10.1 Å². The first-order valence-corrected chi connectivity index (χ1v) is 13.3. The van der Waals surface area contributed by atoms with Gasteiger partial charge in [-0.25, -0.2) is 4.39 Å². The molecule has 6 nitrogen and oxygen atoms in total. The molecule has 2 saturated heterocycles. The number of likely N-dealkylation sites (tertiary alicyclic amines) is 1. The Morgan fingerprint density at radius 2 is 1.71 bits per heavy atom. The quantitative estimate of drug-likeness (QED) is 0.410. The molecule has 2 aliphatic heterocycles. The van der Waals surface area contributed by atoms with Gasteiger partial charge in [-0.2, -0.15) is 0 Å². The summed E-state index contributed by atoms with van der Waals surface area (Å²) in [4.78, 5) is 29.4. The van der Waals surface area contributed by atoms with E-state index in [1.54, 1.807) is 42.3 Å². The lowest BCUT2D eigenvalue weighted by molar-refractivity contribution is 0.0777. The summed E-state index contributed by atoms with van der Waals surface area (Å²) in [5.41, 5.74) is 2.99. The maximum absolute atomic E-state index is 14.3. The first-order chi connectivity index (χ1) is 18.4. The molecular weight excluding hydrogens is 505 g/mol. The van der Waals surface area contributed by atoms with Crippen molar-refractivity contribution < 1.29 is 18.7 Å². The average Bonchev–Trinajstić information content (AvgIpc) is 3.51. The monoisotopic (exact) mass is 535 g/mol. The van der Waals surface area contributed by atoms with Crippen molar-refractivity contribution in [3.63, 3.8) is 0 Å². The maximum atomic E-state index is 14.3. The first kappa shape index (κ1) is 26.0. The second-order valence-corrected chi connectivity index (χ2v) is 10.4. The maximum Gasteiger partial charge on any atom is 0.258 e. The van der Waals surface area contributed by atoms with Gasteiger partial charge in [-0.15, -0.1) is 0 Å². The van der Waals surface area contributed by atoms with E-state index in [4.69, 9.17) is 16.3 Å². The van der Waals surface area contributed by atoms with Crippen molar-refractivity contribution in [1.29, 1.82) is 0 Å². The molecule has 2 heterocycles. The number of amides is 2. The molecule has 3 aromatic rings.